The average molecular weight is 318 g/mol. The van der Waals surface area contributed by atoms with E-state index in [4.69, 9.17) is 0 Å². The minimum Gasteiger partial charge on any atom is -0.358 e. The molecule has 0 aliphatic heterocycles. The molecule has 2 N–H and O–H groups in total. The fourth-order valence-corrected chi connectivity index (χ4v) is 3.05. The van der Waals surface area contributed by atoms with Crippen LogP contribution in [0, 0.1) is 12.7 Å². The third-order valence-corrected chi connectivity index (χ3v) is 4.42. The van der Waals surface area contributed by atoms with Gasteiger partial charge in [0.1, 0.15) is 10.8 Å². The molecule has 3 rings (SSSR count). The highest BCUT2D eigenvalue weighted by Gasteiger charge is 2.14. The molecule has 0 spiro atoms. The fraction of sp³-hybridized carbons (Fsp3) is 0.267. The van der Waals surface area contributed by atoms with Crippen molar-refractivity contribution in [3.63, 3.8) is 0 Å². The Bertz CT molecular complexity index is 839. The number of H-pyrrole nitrogens is 1. The van der Waals surface area contributed by atoms with Gasteiger partial charge in [0.05, 0.1) is 6.42 Å². The Kier molecular flexibility index (Phi) is 3.89. The van der Waals surface area contributed by atoms with Gasteiger partial charge in [-0.25, -0.2) is 4.39 Å². The Morgan fingerprint density at radius 2 is 2.23 bits per heavy atom. The number of aryl methyl sites for hydroxylation is 2. The van der Waals surface area contributed by atoms with E-state index in [2.05, 4.69) is 20.5 Å². The van der Waals surface area contributed by atoms with Gasteiger partial charge in [-0.3, -0.25) is 4.79 Å². The Morgan fingerprint density at radius 1 is 1.41 bits per heavy atom. The molecule has 0 fully saturated rings. The highest BCUT2D eigenvalue weighted by Crippen LogP contribution is 2.24. The summed E-state index contributed by atoms with van der Waals surface area (Å²) in [7, 11) is 0. The molecule has 0 aliphatic carbocycles. The van der Waals surface area contributed by atoms with E-state index in [1.807, 2.05) is 13.8 Å². The molecule has 114 valence electrons. The number of benzene rings is 1. The van der Waals surface area contributed by atoms with Crippen LogP contribution in [0.4, 0.5) is 9.52 Å². The number of hydrogen-bond donors (Lipinski definition) is 2. The van der Waals surface area contributed by atoms with Crippen molar-refractivity contribution in [1.82, 2.24) is 15.2 Å². The molecule has 0 saturated heterocycles. The van der Waals surface area contributed by atoms with E-state index in [0.29, 0.717) is 5.13 Å². The van der Waals surface area contributed by atoms with Crippen LogP contribution in [0.5, 0.6) is 0 Å². The van der Waals surface area contributed by atoms with Crippen molar-refractivity contribution >= 4 is 33.3 Å². The molecule has 0 unspecified atom stereocenters. The first-order chi connectivity index (χ1) is 10.6. The number of hydrogen-bond acceptors (Lipinski definition) is 4. The molecule has 2 heterocycles. The molecule has 3 aromatic rings. The monoisotopic (exact) mass is 318 g/mol. The molecule has 2 aromatic heterocycles. The number of aromatic nitrogens is 3. The molecule has 7 heteroatoms. The SMILES string of the molecule is CCc1nnc(NC(=O)Cc2c(C)[nH]c3ccc(F)cc23)s1. The predicted octanol–water partition coefficient (Wildman–Crippen LogP) is 3.21. The van der Waals surface area contributed by atoms with Crippen LogP contribution in [0.2, 0.25) is 0 Å². The first kappa shape index (κ1) is 14.6. The third-order valence-electron chi connectivity index (χ3n) is 3.43. The number of anilines is 1. The Morgan fingerprint density at radius 3 is 2.95 bits per heavy atom. The molecule has 5 nitrogen and oxygen atoms in total. The van der Waals surface area contributed by atoms with Crippen molar-refractivity contribution in [1.29, 1.82) is 0 Å². The summed E-state index contributed by atoms with van der Waals surface area (Å²) in [5.41, 5.74) is 2.49. The lowest BCUT2D eigenvalue weighted by Crippen LogP contribution is -2.14. The van der Waals surface area contributed by atoms with Crippen LogP contribution in [0.3, 0.4) is 0 Å². The van der Waals surface area contributed by atoms with Crippen molar-refractivity contribution in [3.8, 4) is 0 Å². The number of aromatic amines is 1. The summed E-state index contributed by atoms with van der Waals surface area (Å²) >= 11 is 1.36. The van der Waals surface area contributed by atoms with Crippen LogP contribution >= 0.6 is 11.3 Å². The summed E-state index contributed by atoms with van der Waals surface area (Å²) < 4.78 is 13.4. The summed E-state index contributed by atoms with van der Waals surface area (Å²) in [5.74, 6) is -0.503. The van der Waals surface area contributed by atoms with Gasteiger partial charge in [-0.1, -0.05) is 18.3 Å². The Labute approximate surface area is 130 Å². The molecule has 0 saturated carbocycles. The second-order valence-corrected chi connectivity index (χ2v) is 6.06. The number of halogens is 1. The molecule has 0 radical (unpaired) electrons. The molecular formula is C15H15FN4OS. The number of carbonyl (C=O) groups excluding carboxylic acids is 1. The summed E-state index contributed by atoms with van der Waals surface area (Å²) in [6, 6.07) is 4.52. The van der Waals surface area contributed by atoms with Crippen LogP contribution in [-0.4, -0.2) is 21.1 Å². The quantitative estimate of drug-likeness (QED) is 0.776. The number of carbonyl (C=O) groups is 1. The Hall–Kier alpha value is -2.28. The average Bonchev–Trinajstić information content (AvgIpc) is 3.05. The molecule has 0 bridgehead atoms. The number of fused-ring (bicyclic) bond motifs is 1. The zero-order chi connectivity index (χ0) is 15.7. The number of amides is 1. The summed E-state index contributed by atoms with van der Waals surface area (Å²) in [5, 5.41) is 12.7. The standard InChI is InChI=1S/C15H15FN4OS/c1-3-14-19-20-15(22-14)18-13(21)7-10-8(2)17-12-5-4-9(16)6-11(10)12/h4-6,17H,3,7H2,1-2H3,(H,18,20,21). The van der Waals surface area contributed by atoms with Crippen LogP contribution in [-0.2, 0) is 17.6 Å². The van der Waals surface area contributed by atoms with Crippen LogP contribution in [0.1, 0.15) is 23.2 Å². The molecule has 0 atom stereocenters. The molecule has 22 heavy (non-hydrogen) atoms. The second kappa shape index (κ2) is 5.84. The predicted molar refractivity (Wildman–Crippen MR) is 84.6 cm³/mol. The largest absolute Gasteiger partial charge is 0.358 e. The first-order valence-corrected chi connectivity index (χ1v) is 7.77. The van der Waals surface area contributed by atoms with E-state index in [1.54, 1.807) is 6.07 Å². The van der Waals surface area contributed by atoms with Crippen LogP contribution < -0.4 is 5.32 Å². The summed E-state index contributed by atoms with van der Waals surface area (Å²) in [4.78, 5) is 15.3. The van der Waals surface area contributed by atoms with Crippen LogP contribution in [0.25, 0.3) is 10.9 Å². The van der Waals surface area contributed by atoms with Gasteiger partial charge in [-0.2, -0.15) is 0 Å². The molecule has 1 aromatic carbocycles. The normalized spacial score (nSPS) is 11.0. The second-order valence-electron chi connectivity index (χ2n) is 5.00. The van der Waals surface area contributed by atoms with E-state index >= 15 is 0 Å². The molecule has 1 amide bonds. The van der Waals surface area contributed by atoms with Gasteiger partial charge in [0.15, 0.2) is 0 Å². The van der Waals surface area contributed by atoms with Gasteiger partial charge in [0.25, 0.3) is 0 Å². The van der Waals surface area contributed by atoms with Crippen molar-refractivity contribution in [2.24, 2.45) is 0 Å². The van der Waals surface area contributed by atoms with Gasteiger partial charge in [0.2, 0.25) is 11.0 Å². The fourth-order valence-electron chi connectivity index (χ4n) is 2.35. The van der Waals surface area contributed by atoms with Gasteiger partial charge in [-0.15, -0.1) is 10.2 Å². The highest BCUT2D eigenvalue weighted by atomic mass is 32.1. The van der Waals surface area contributed by atoms with E-state index in [-0.39, 0.29) is 18.1 Å². The summed E-state index contributed by atoms with van der Waals surface area (Å²) in [6.45, 7) is 3.86. The van der Waals surface area contributed by atoms with Crippen molar-refractivity contribution < 1.29 is 9.18 Å². The van der Waals surface area contributed by atoms with E-state index in [1.165, 1.54) is 23.5 Å². The van der Waals surface area contributed by atoms with E-state index in [9.17, 15) is 9.18 Å². The van der Waals surface area contributed by atoms with Crippen LogP contribution in [0.15, 0.2) is 18.2 Å². The van der Waals surface area contributed by atoms with Crippen molar-refractivity contribution in [3.05, 3.63) is 40.3 Å². The maximum atomic E-state index is 13.4. The third kappa shape index (κ3) is 2.85. The lowest BCUT2D eigenvalue weighted by atomic mass is 10.1. The van der Waals surface area contributed by atoms with Gasteiger partial charge in [0, 0.05) is 16.6 Å². The highest BCUT2D eigenvalue weighted by molar-refractivity contribution is 7.15. The lowest BCUT2D eigenvalue weighted by molar-refractivity contribution is -0.115. The lowest BCUT2D eigenvalue weighted by Gasteiger charge is -2.02. The number of nitrogens with one attached hydrogen (secondary N) is 2. The van der Waals surface area contributed by atoms with Gasteiger partial charge < -0.3 is 10.3 Å². The maximum Gasteiger partial charge on any atom is 0.230 e. The zero-order valence-corrected chi connectivity index (χ0v) is 13.1. The topological polar surface area (TPSA) is 70.7 Å². The van der Waals surface area contributed by atoms with E-state index in [0.717, 1.165) is 33.6 Å². The number of rotatable bonds is 4. The molecular weight excluding hydrogens is 303 g/mol. The Balaban J connectivity index is 1.81. The minimum absolute atomic E-state index is 0.163. The zero-order valence-electron chi connectivity index (χ0n) is 12.2. The van der Waals surface area contributed by atoms with Gasteiger partial charge in [-0.05, 0) is 37.1 Å². The maximum absolute atomic E-state index is 13.4. The number of nitrogens with zero attached hydrogens (tertiary/aromatic N) is 2. The smallest absolute Gasteiger partial charge is 0.230 e. The van der Waals surface area contributed by atoms with Crippen molar-refractivity contribution in [2.75, 3.05) is 5.32 Å². The minimum atomic E-state index is -0.315. The van der Waals surface area contributed by atoms with E-state index < -0.39 is 0 Å². The summed E-state index contributed by atoms with van der Waals surface area (Å²) in [6.07, 6.45) is 0.949. The first-order valence-electron chi connectivity index (χ1n) is 6.95. The van der Waals surface area contributed by atoms with Gasteiger partial charge >= 0.3 is 0 Å². The van der Waals surface area contributed by atoms with Crippen molar-refractivity contribution in [2.45, 2.75) is 26.7 Å². The molecule has 0 aliphatic rings.